The lowest BCUT2D eigenvalue weighted by Gasteiger charge is -2.15. The average Bonchev–Trinajstić information content (AvgIpc) is 2.88. The van der Waals surface area contributed by atoms with E-state index in [0.717, 1.165) is 23.2 Å². The molecule has 1 saturated carbocycles. The first-order chi connectivity index (χ1) is 7.74. The van der Waals surface area contributed by atoms with Crippen molar-refractivity contribution in [3.05, 3.63) is 23.5 Å². The van der Waals surface area contributed by atoms with E-state index in [4.69, 9.17) is 0 Å². The van der Waals surface area contributed by atoms with Gasteiger partial charge < -0.3 is 0 Å². The van der Waals surface area contributed by atoms with Gasteiger partial charge in [0.05, 0.1) is 5.69 Å². The molecule has 0 aromatic carbocycles. The Balaban J connectivity index is 1.77. The van der Waals surface area contributed by atoms with Gasteiger partial charge in [0.1, 0.15) is 0 Å². The maximum absolute atomic E-state index is 4.66. The van der Waals surface area contributed by atoms with Crippen molar-refractivity contribution in [2.45, 2.75) is 31.0 Å². The topological polar surface area (TPSA) is 17.3 Å². The number of nitrogens with zero attached hydrogens (tertiary/aromatic N) is 2. The van der Waals surface area contributed by atoms with E-state index in [2.05, 4.69) is 50.0 Å². The summed E-state index contributed by atoms with van der Waals surface area (Å²) in [6.07, 6.45) is 8.05. The Labute approximate surface area is 108 Å². The van der Waals surface area contributed by atoms with E-state index in [-0.39, 0.29) is 0 Å². The number of aromatic nitrogens is 2. The fraction of sp³-hybridized carbons (Fsp3) is 0.583. The molecule has 4 heteroatoms. The summed E-state index contributed by atoms with van der Waals surface area (Å²) in [6.45, 7) is 2.36. The van der Waals surface area contributed by atoms with Crippen LogP contribution >= 0.6 is 27.3 Å². The first kappa shape index (κ1) is 10.8. The zero-order valence-electron chi connectivity index (χ0n) is 9.27. The lowest BCUT2D eigenvalue weighted by Crippen LogP contribution is -2.13. The van der Waals surface area contributed by atoms with Crippen LogP contribution in [0.15, 0.2) is 17.8 Å². The van der Waals surface area contributed by atoms with Crippen molar-refractivity contribution in [2.24, 2.45) is 11.8 Å². The highest BCUT2D eigenvalue weighted by Crippen LogP contribution is 2.38. The Morgan fingerprint density at radius 2 is 2.44 bits per heavy atom. The van der Waals surface area contributed by atoms with Gasteiger partial charge in [-0.2, -0.15) is 0 Å². The summed E-state index contributed by atoms with van der Waals surface area (Å²) in [5, 5.41) is 2.08. The molecule has 2 aromatic heterocycles. The summed E-state index contributed by atoms with van der Waals surface area (Å²) in [5.74, 6) is 1.58. The van der Waals surface area contributed by atoms with Crippen molar-refractivity contribution in [2.75, 3.05) is 0 Å². The van der Waals surface area contributed by atoms with Crippen LogP contribution in [0, 0.1) is 11.8 Å². The Bertz CT molecular complexity index is 461. The van der Waals surface area contributed by atoms with E-state index in [1.807, 2.05) is 0 Å². The molecule has 1 fully saturated rings. The highest BCUT2D eigenvalue weighted by molar-refractivity contribution is 9.09. The first-order valence-electron chi connectivity index (χ1n) is 5.79. The van der Waals surface area contributed by atoms with E-state index < -0.39 is 0 Å². The summed E-state index contributed by atoms with van der Waals surface area (Å²) in [5.41, 5.74) is 1.25. The van der Waals surface area contributed by atoms with E-state index in [0.29, 0.717) is 4.83 Å². The van der Waals surface area contributed by atoms with Gasteiger partial charge in [0.2, 0.25) is 0 Å². The summed E-state index contributed by atoms with van der Waals surface area (Å²) in [7, 11) is 0. The van der Waals surface area contributed by atoms with Crippen LogP contribution in [0.5, 0.6) is 0 Å². The average molecular weight is 299 g/mol. The SMILES string of the molecule is CC1C(Br)CCC1Cc1cn2ccsc2n1. The maximum atomic E-state index is 4.66. The quantitative estimate of drug-likeness (QED) is 0.772. The molecule has 1 aliphatic rings. The standard InChI is InChI=1S/C12H15BrN2S/c1-8-9(2-3-11(8)13)6-10-7-15-4-5-16-12(15)14-10/h4-5,7-9,11H,2-3,6H2,1H3. The van der Waals surface area contributed by atoms with Crippen LogP contribution in [0.2, 0.25) is 0 Å². The van der Waals surface area contributed by atoms with Crippen LogP contribution in [-0.4, -0.2) is 14.2 Å². The van der Waals surface area contributed by atoms with Gasteiger partial charge in [-0.05, 0) is 31.1 Å². The molecule has 0 spiro atoms. The number of hydrogen-bond acceptors (Lipinski definition) is 2. The van der Waals surface area contributed by atoms with E-state index in [1.54, 1.807) is 11.3 Å². The van der Waals surface area contributed by atoms with Crippen molar-refractivity contribution in [3.63, 3.8) is 0 Å². The van der Waals surface area contributed by atoms with Gasteiger partial charge in [0.25, 0.3) is 0 Å². The molecule has 3 rings (SSSR count). The Kier molecular flexibility index (Phi) is 2.80. The molecule has 1 aliphatic carbocycles. The highest BCUT2D eigenvalue weighted by Gasteiger charge is 2.31. The molecule has 3 atom stereocenters. The molecule has 0 N–H and O–H groups in total. The number of halogens is 1. The fourth-order valence-electron chi connectivity index (χ4n) is 2.63. The lowest BCUT2D eigenvalue weighted by molar-refractivity contribution is 0.420. The number of hydrogen-bond donors (Lipinski definition) is 0. The predicted octanol–water partition coefficient (Wildman–Crippen LogP) is 3.75. The van der Waals surface area contributed by atoms with Gasteiger partial charge in [-0.15, -0.1) is 11.3 Å². The fourth-order valence-corrected chi connectivity index (χ4v) is 4.04. The van der Waals surface area contributed by atoms with Crippen LogP contribution in [0.4, 0.5) is 0 Å². The third kappa shape index (κ3) is 1.82. The van der Waals surface area contributed by atoms with Gasteiger partial charge in [-0.3, -0.25) is 4.40 Å². The van der Waals surface area contributed by atoms with Gasteiger partial charge in [0.15, 0.2) is 4.96 Å². The minimum Gasteiger partial charge on any atom is -0.297 e. The molecule has 0 radical (unpaired) electrons. The maximum Gasteiger partial charge on any atom is 0.193 e. The summed E-state index contributed by atoms with van der Waals surface area (Å²) < 4.78 is 2.13. The van der Waals surface area contributed by atoms with Crippen LogP contribution in [0.1, 0.15) is 25.5 Å². The number of thiazole rings is 1. The lowest BCUT2D eigenvalue weighted by atomic mass is 9.93. The number of imidazole rings is 1. The molecule has 16 heavy (non-hydrogen) atoms. The highest BCUT2D eigenvalue weighted by atomic mass is 79.9. The Hall–Kier alpha value is -0.350. The van der Waals surface area contributed by atoms with Gasteiger partial charge in [-0.25, -0.2) is 4.98 Å². The molecule has 0 bridgehead atoms. The second-order valence-electron chi connectivity index (χ2n) is 4.74. The van der Waals surface area contributed by atoms with E-state index in [1.165, 1.54) is 18.5 Å². The van der Waals surface area contributed by atoms with Crippen LogP contribution in [-0.2, 0) is 6.42 Å². The van der Waals surface area contributed by atoms with Gasteiger partial charge >= 0.3 is 0 Å². The molecule has 0 aliphatic heterocycles. The number of alkyl halides is 1. The third-order valence-corrected chi connectivity index (χ3v) is 5.80. The van der Waals surface area contributed by atoms with E-state index in [9.17, 15) is 0 Å². The molecule has 0 saturated heterocycles. The van der Waals surface area contributed by atoms with E-state index >= 15 is 0 Å². The molecular formula is C12H15BrN2S. The van der Waals surface area contributed by atoms with Crippen molar-refractivity contribution in [1.82, 2.24) is 9.38 Å². The van der Waals surface area contributed by atoms with Crippen LogP contribution < -0.4 is 0 Å². The van der Waals surface area contributed by atoms with Crippen molar-refractivity contribution in [1.29, 1.82) is 0 Å². The van der Waals surface area contributed by atoms with Crippen molar-refractivity contribution < 1.29 is 0 Å². The first-order valence-corrected chi connectivity index (χ1v) is 7.58. The smallest absolute Gasteiger partial charge is 0.193 e. The number of rotatable bonds is 2. The minimum atomic E-state index is 0.709. The molecule has 2 nitrogen and oxygen atoms in total. The van der Waals surface area contributed by atoms with Crippen LogP contribution in [0.25, 0.3) is 4.96 Å². The molecule has 0 amide bonds. The Morgan fingerprint density at radius 3 is 3.12 bits per heavy atom. The van der Waals surface area contributed by atoms with Crippen LogP contribution in [0.3, 0.4) is 0 Å². The summed E-state index contributed by atoms with van der Waals surface area (Å²) in [6, 6.07) is 0. The number of fused-ring (bicyclic) bond motifs is 1. The Morgan fingerprint density at radius 1 is 1.56 bits per heavy atom. The normalized spacial score (nSPS) is 30.2. The van der Waals surface area contributed by atoms with Gasteiger partial charge in [-0.1, -0.05) is 22.9 Å². The summed E-state index contributed by atoms with van der Waals surface area (Å²) in [4.78, 5) is 6.49. The third-order valence-electron chi connectivity index (χ3n) is 3.74. The molecule has 2 heterocycles. The zero-order valence-corrected chi connectivity index (χ0v) is 11.7. The van der Waals surface area contributed by atoms with Gasteiger partial charge in [0, 0.05) is 22.6 Å². The second kappa shape index (κ2) is 4.15. The molecular weight excluding hydrogens is 284 g/mol. The summed E-state index contributed by atoms with van der Waals surface area (Å²) >= 11 is 5.47. The largest absolute Gasteiger partial charge is 0.297 e. The monoisotopic (exact) mass is 298 g/mol. The van der Waals surface area contributed by atoms with Crippen molar-refractivity contribution in [3.8, 4) is 0 Å². The molecule has 2 aromatic rings. The van der Waals surface area contributed by atoms with Crippen molar-refractivity contribution >= 4 is 32.2 Å². The second-order valence-corrected chi connectivity index (χ2v) is 6.79. The molecule has 3 unspecified atom stereocenters. The predicted molar refractivity (Wildman–Crippen MR) is 71.4 cm³/mol. The molecule has 86 valence electrons. The zero-order chi connectivity index (χ0) is 11.1. The minimum absolute atomic E-state index is 0.709.